The molecule has 0 aliphatic rings. The molecule has 0 fully saturated rings. The second-order valence-corrected chi connectivity index (χ2v) is 4.00. The van der Waals surface area contributed by atoms with Crippen molar-refractivity contribution in [1.29, 1.82) is 0 Å². The molecule has 1 aromatic carbocycles. The van der Waals surface area contributed by atoms with Gasteiger partial charge in [-0.05, 0) is 24.6 Å². The SMILES string of the molecule is CC.CCN(CCOC)N(O)c1cc(C)ccc1OC. The quantitative estimate of drug-likeness (QED) is 0.779. The van der Waals surface area contributed by atoms with E-state index in [9.17, 15) is 5.21 Å². The maximum absolute atomic E-state index is 10.3. The first kappa shape index (κ1) is 18.7. The molecule has 0 aromatic heterocycles. The second kappa shape index (κ2) is 10.5. The van der Waals surface area contributed by atoms with Crippen molar-refractivity contribution in [2.24, 2.45) is 0 Å². The molecule has 0 spiro atoms. The fourth-order valence-electron chi connectivity index (χ4n) is 1.69. The third-order valence-corrected chi connectivity index (χ3v) is 2.74. The molecule has 0 saturated heterocycles. The predicted molar refractivity (Wildman–Crippen MR) is 82.5 cm³/mol. The molecule has 116 valence electrons. The molecule has 0 aliphatic carbocycles. The lowest BCUT2D eigenvalue weighted by atomic mass is 10.2. The van der Waals surface area contributed by atoms with Crippen LogP contribution in [0.5, 0.6) is 5.75 Å². The summed E-state index contributed by atoms with van der Waals surface area (Å²) in [6.07, 6.45) is 0. The van der Waals surface area contributed by atoms with Crippen LogP contribution in [0.25, 0.3) is 0 Å². The number of benzene rings is 1. The van der Waals surface area contributed by atoms with E-state index in [1.54, 1.807) is 19.2 Å². The Kier molecular flexibility index (Phi) is 9.80. The number of likely N-dealkylation sites (N-methyl/N-ethyl adjacent to an activating group) is 1. The van der Waals surface area contributed by atoms with E-state index in [2.05, 4.69) is 0 Å². The fraction of sp³-hybridized carbons (Fsp3) is 0.600. The number of hydrogen-bond donors (Lipinski definition) is 1. The van der Waals surface area contributed by atoms with Crippen LogP contribution in [0.15, 0.2) is 18.2 Å². The molecule has 0 bridgehead atoms. The van der Waals surface area contributed by atoms with Gasteiger partial charge >= 0.3 is 0 Å². The number of anilines is 1. The Morgan fingerprint density at radius 1 is 1.20 bits per heavy atom. The van der Waals surface area contributed by atoms with Gasteiger partial charge in [-0.2, -0.15) is 10.2 Å². The Bertz CT molecular complexity index is 372. The van der Waals surface area contributed by atoms with Crippen LogP contribution in [-0.4, -0.2) is 44.1 Å². The lowest BCUT2D eigenvalue weighted by Crippen LogP contribution is -2.42. The zero-order valence-corrected chi connectivity index (χ0v) is 13.5. The van der Waals surface area contributed by atoms with Crippen LogP contribution in [0, 0.1) is 6.92 Å². The van der Waals surface area contributed by atoms with E-state index in [1.807, 2.05) is 45.9 Å². The summed E-state index contributed by atoms with van der Waals surface area (Å²) in [6.45, 7) is 9.79. The molecule has 0 saturated carbocycles. The largest absolute Gasteiger partial charge is 0.494 e. The summed E-state index contributed by atoms with van der Waals surface area (Å²) in [5.74, 6) is 0.638. The van der Waals surface area contributed by atoms with E-state index < -0.39 is 0 Å². The number of methoxy groups -OCH3 is 2. The average Bonchev–Trinajstić information content (AvgIpc) is 2.49. The highest BCUT2D eigenvalue weighted by Gasteiger charge is 2.16. The van der Waals surface area contributed by atoms with Crippen LogP contribution >= 0.6 is 0 Å². The van der Waals surface area contributed by atoms with Crippen molar-refractivity contribution in [3.8, 4) is 5.75 Å². The van der Waals surface area contributed by atoms with Gasteiger partial charge in [0.05, 0.1) is 13.7 Å². The summed E-state index contributed by atoms with van der Waals surface area (Å²) in [6, 6.07) is 5.67. The van der Waals surface area contributed by atoms with Gasteiger partial charge in [-0.25, -0.2) is 0 Å². The molecule has 1 N–H and O–H groups in total. The zero-order chi connectivity index (χ0) is 15.5. The number of hydrazine groups is 1. The summed E-state index contributed by atoms with van der Waals surface area (Å²) >= 11 is 0. The standard InChI is InChI=1S/C13H22N2O3.C2H6/c1-5-14(8-9-17-3)15(16)12-10-11(2)6-7-13(12)18-4;1-2/h6-7,10,16H,5,8-9H2,1-4H3;1-2H3. The first-order chi connectivity index (χ1) is 9.63. The number of aryl methyl sites for hydroxylation is 1. The Balaban J connectivity index is 0.00000172. The van der Waals surface area contributed by atoms with E-state index in [-0.39, 0.29) is 0 Å². The van der Waals surface area contributed by atoms with E-state index in [0.29, 0.717) is 31.1 Å². The normalized spacial score (nSPS) is 10.0. The summed E-state index contributed by atoms with van der Waals surface area (Å²) in [4.78, 5) is 0. The molecule has 20 heavy (non-hydrogen) atoms. The first-order valence-corrected chi connectivity index (χ1v) is 7.01. The van der Waals surface area contributed by atoms with Gasteiger partial charge in [0.15, 0.2) is 0 Å². The number of rotatable bonds is 7. The molecule has 5 heteroatoms. The summed E-state index contributed by atoms with van der Waals surface area (Å²) in [5.41, 5.74) is 1.70. The molecule has 0 aliphatic heterocycles. The third-order valence-electron chi connectivity index (χ3n) is 2.74. The van der Waals surface area contributed by atoms with Gasteiger partial charge in [-0.1, -0.05) is 26.8 Å². The van der Waals surface area contributed by atoms with Crippen LogP contribution in [-0.2, 0) is 4.74 Å². The highest BCUT2D eigenvalue weighted by molar-refractivity contribution is 5.57. The number of nitrogens with zero attached hydrogens (tertiary/aromatic N) is 2. The smallest absolute Gasteiger partial charge is 0.146 e. The fourth-order valence-corrected chi connectivity index (χ4v) is 1.69. The molecule has 1 rings (SSSR count). The average molecular weight is 284 g/mol. The number of ether oxygens (including phenoxy) is 2. The molecule has 0 unspecified atom stereocenters. The van der Waals surface area contributed by atoms with Gasteiger partial charge in [0.25, 0.3) is 0 Å². The Hall–Kier alpha value is -1.30. The molecular weight excluding hydrogens is 256 g/mol. The van der Waals surface area contributed by atoms with Crippen molar-refractivity contribution in [2.45, 2.75) is 27.7 Å². The summed E-state index contributed by atoms with van der Waals surface area (Å²) in [7, 11) is 3.23. The van der Waals surface area contributed by atoms with E-state index in [4.69, 9.17) is 9.47 Å². The Labute approximate surface area is 122 Å². The monoisotopic (exact) mass is 284 g/mol. The van der Waals surface area contributed by atoms with Gasteiger partial charge in [0, 0.05) is 20.2 Å². The lowest BCUT2D eigenvalue weighted by molar-refractivity contribution is 0.0458. The topological polar surface area (TPSA) is 45.2 Å². The van der Waals surface area contributed by atoms with Gasteiger partial charge in [-0.15, -0.1) is 0 Å². The first-order valence-electron chi connectivity index (χ1n) is 7.01. The maximum Gasteiger partial charge on any atom is 0.146 e. The molecule has 1 aromatic rings. The van der Waals surface area contributed by atoms with Crippen LogP contribution < -0.4 is 9.91 Å². The van der Waals surface area contributed by atoms with Crippen LogP contribution in [0.1, 0.15) is 26.3 Å². The van der Waals surface area contributed by atoms with Crippen LogP contribution in [0.4, 0.5) is 5.69 Å². The van der Waals surface area contributed by atoms with Gasteiger partial charge in [0.1, 0.15) is 11.4 Å². The minimum atomic E-state index is 0.555. The highest BCUT2D eigenvalue weighted by atomic mass is 16.6. The second-order valence-electron chi connectivity index (χ2n) is 4.00. The Morgan fingerprint density at radius 3 is 2.35 bits per heavy atom. The number of hydrogen-bond acceptors (Lipinski definition) is 5. The zero-order valence-electron chi connectivity index (χ0n) is 13.5. The van der Waals surface area contributed by atoms with Crippen molar-refractivity contribution in [3.63, 3.8) is 0 Å². The minimum Gasteiger partial charge on any atom is -0.494 e. The highest BCUT2D eigenvalue weighted by Crippen LogP contribution is 2.29. The van der Waals surface area contributed by atoms with Crippen molar-refractivity contribution in [3.05, 3.63) is 23.8 Å². The Morgan fingerprint density at radius 2 is 1.85 bits per heavy atom. The molecular formula is C15H28N2O3. The molecule has 0 atom stereocenters. The van der Waals surface area contributed by atoms with Crippen LogP contribution in [0.2, 0.25) is 0 Å². The van der Waals surface area contributed by atoms with E-state index in [0.717, 1.165) is 10.7 Å². The maximum atomic E-state index is 10.3. The van der Waals surface area contributed by atoms with Crippen molar-refractivity contribution < 1.29 is 14.7 Å². The summed E-state index contributed by atoms with van der Waals surface area (Å²) in [5, 5.41) is 13.2. The minimum absolute atomic E-state index is 0.555. The van der Waals surface area contributed by atoms with Crippen molar-refractivity contribution >= 4 is 5.69 Å². The molecule has 5 nitrogen and oxygen atoms in total. The molecule has 0 radical (unpaired) electrons. The molecule has 0 amide bonds. The van der Waals surface area contributed by atoms with E-state index in [1.165, 1.54) is 0 Å². The van der Waals surface area contributed by atoms with Gasteiger partial charge in [0.2, 0.25) is 0 Å². The predicted octanol–water partition coefficient (Wildman–Crippen LogP) is 3.11. The lowest BCUT2D eigenvalue weighted by Gasteiger charge is -2.30. The van der Waals surface area contributed by atoms with E-state index >= 15 is 0 Å². The van der Waals surface area contributed by atoms with Gasteiger partial charge < -0.3 is 9.47 Å². The van der Waals surface area contributed by atoms with Gasteiger partial charge in [-0.3, -0.25) is 5.21 Å². The van der Waals surface area contributed by atoms with Crippen molar-refractivity contribution in [1.82, 2.24) is 5.01 Å². The van der Waals surface area contributed by atoms with Crippen LogP contribution in [0.3, 0.4) is 0 Å². The van der Waals surface area contributed by atoms with Crippen molar-refractivity contribution in [2.75, 3.05) is 39.1 Å². The molecule has 0 heterocycles. The summed E-state index contributed by atoms with van der Waals surface area (Å²) < 4.78 is 10.3. The third kappa shape index (κ3) is 5.36.